The van der Waals surface area contributed by atoms with Gasteiger partial charge in [-0.25, -0.2) is 4.79 Å². The summed E-state index contributed by atoms with van der Waals surface area (Å²) in [6.45, 7) is 11.2. The van der Waals surface area contributed by atoms with Gasteiger partial charge in [-0.15, -0.1) is 11.3 Å². The van der Waals surface area contributed by atoms with E-state index < -0.39 is 12.1 Å². The van der Waals surface area contributed by atoms with Crippen LogP contribution in [0.15, 0.2) is 42.5 Å². The van der Waals surface area contributed by atoms with E-state index in [1.807, 2.05) is 38.1 Å². The van der Waals surface area contributed by atoms with E-state index in [1.165, 1.54) is 10.4 Å². The Hall–Kier alpha value is -3.32. The summed E-state index contributed by atoms with van der Waals surface area (Å²) < 4.78 is 11.5. The number of benzene rings is 2. The zero-order valence-electron chi connectivity index (χ0n) is 22.8. The first-order chi connectivity index (χ1) is 18.2. The Bertz CT molecular complexity index is 1360. The maximum Gasteiger partial charge on any atom is 0.343 e. The van der Waals surface area contributed by atoms with Crippen molar-refractivity contribution in [1.82, 2.24) is 5.32 Å². The van der Waals surface area contributed by atoms with Crippen molar-refractivity contribution in [3.05, 3.63) is 75.2 Å². The van der Waals surface area contributed by atoms with Crippen molar-refractivity contribution in [3.63, 3.8) is 0 Å². The molecule has 2 aromatic carbocycles. The summed E-state index contributed by atoms with van der Waals surface area (Å²) in [6, 6.07) is 12.7. The lowest BCUT2D eigenvalue weighted by Gasteiger charge is -2.36. The Morgan fingerprint density at radius 1 is 1.08 bits per heavy atom. The quantitative estimate of drug-likeness (QED) is 0.251. The smallest absolute Gasteiger partial charge is 0.343 e. The predicted molar refractivity (Wildman–Crippen MR) is 151 cm³/mol. The van der Waals surface area contributed by atoms with Crippen molar-refractivity contribution in [2.75, 3.05) is 11.9 Å². The van der Waals surface area contributed by atoms with Gasteiger partial charge in [0.15, 0.2) is 11.5 Å². The fraction of sp³-hybridized carbons (Fsp3) is 0.419. The molecule has 0 radical (unpaired) electrons. The number of anilines is 1. The molecule has 5 rings (SSSR count). The minimum Gasteiger partial charge on any atom is -0.490 e. The zero-order chi connectivity index (χ0) is 27.0. The number of hydrogen-bond donors (Lipinski definition) is 2. The summed E-state index contributed by atoms with van der Waals surface area (Å²) >= 11 is 1.72. The molecule has 0 saturated carbocycles. The molecule has 0 spiro atoms. The Balaban J connectivity index is 1.37. The van der Waals surface area contributed by atoms with Crippen molar-refractivity contribution < 1.29 is 19.1 Å². The molecule has 0 fully saturated rings. The van der Waals surface area contributed by atoms with Gasteiger partial charge in [0.25, 0.3) is 5.91 Å². The fourth-order valence-electron chi connectivity index (χ4n) is 5.33. The molecule has 1 aliphatic carbocycles. The SMILES string of the molecule is CCOc1cc([C@H]2NC(=O)c3c(sc4c3CC[C@H](C(C)(C)CC)C4)N2)ccc1OC(=O)c1ccc(C)cc1. The molecule has 0 bridgehead atoms. The van der Waals surface area contributed by atoms with Gasteiger partial charge in [-0.05, 0) is 79.8 Å². The van der Waals surface area contributed by atoms with Crippen molar-refractivity contribution in [1.29, 1.82) is 0 Å². The number of aryl methyl sites for hydroxylation is 1. The van der Waals surface area contributed by atoms with Gasteiger partial charge < -0.3 is 20.1 Å². The maximum absolute atomic E-state index is 13.3. The summed E-state index contributed by atoms with van der Waals surface area (Å²) in [5.74, 6) is 0.953. The van der Waals surface area contributed by atoms with Crippen LogP contribution in [0, 0.1) is 18.3 Å². The molecule has 2 heterocycles. The first-order valence-electron chi connectivity index (χ1n) is 13.5. The normalized spacial score (nSPS) is 18.6. The number of carbonyl (C=O) groups excluding carboxylic acids is 2. The summed E-state index contributed by atoms with van der Waals surface area (Å²) in [4.78, 5) is 27.3. The van der Waals surface area contributed by atoms with E-state index in [4.69, 9.17) is 9.47 Å². The molecular weight excluding hydrogens is 496 g/mol. The topological polar surface area (TPSA) is 76.7 Å². The molecule has 200 valence electrons. The van der Waals surface area contributed by atoms with Crippen LogP contribution in [-0.2, 0) is 12.8 Å². The predicted octanol–water partition coefficient (Wildman–Crippen LogP) is 7.07. The van der Waals surface area contributed by atoms with E-state index in [-0.39, 0.29) is 5.91 Å². The van der Waals surface area contributed by atoms with Crippen LogP contribution in [-0.4, -0.2) is 18.5 Å². The van der Waals surface area contributed by atoms with E-state index in [0.717, 1.165) is 47.4 Å². The Labute approximate surface area is 228 Å². The van der Waals surface area contributed by atoms with Gasteiger partial charge in [-0.1, -0.05) is 51.0 Å². The summed E-state index contributed by atoms with van der Waals surface area (Å²) in [7, 11) is 0. The number of esters is 1. The van der Waals surface area contributed by atoms with Crippen molar-refractivity contribution in [2.45, 2.75) is 66.5 Å². The molecular formula is C31H36N2O4S. The fourth-order valence-corrected chi connectivity index (χ4v) is 6.68. The van der Waals surface area contributed by atoms with Crippen LogP contribution in [0.2, 0.25) is 0 Å². The molecule has 0 saturated heterocycles. The molecule has 0 unspecified atom stereocenters. The van der Waals surface area contributed by atoms with Crippen LogP contribution in [0.4, 0.5) is 5.00 Å². The second kappa shape index (κ2) is 10.4. The Morgan fingerprint density at radius 3 is 2.55 bits per heavy atom. The lowest BCUT2D eigenvalue weighted by molar-refractivity contribution is 0.0728. The highest BCUT2D eigenvalue weighted by Crippen LogP contribution is 2.47. The highest BCUT2D eigenvalue weighted by molar-refractivity contribution is 7.16. The number of fused-ring (bicyclic) bond motifs is 3. The lowest BCUT2D eigenvalue weighted by Crippen LogP contribution is -2.38. The number of thiophene rings is 1. The van der Waals surface area contributed by atoms with Crippen LogP contribution < -0.4 is 20.1 Å². The standard InChI is InChI=1S/C31H36N2O4S/c1-6-31(4,5)21-13-14-22-25(17-21)38-29-26(22)28(34)32-27(33-29)20-12-15-23(24(16-20)36-7-2)37-30(35)19-10-8-18(3)9-11-19/h8-12,15-16,21,27,33H,6-7,13-14,17H2,1-5H3,(H,32,34)/t21-,27-/m0/s1. The minimum atomic E-state index is -0.443. The van der Waals surface area contributed by atoms with Crippen molar-refractivity contribution >= 4 is 28.2 Å². The van der Waals surface area contributed by atoms with Gasteiger partial charge in [0, 0.05) is 4.88 Å². The molecule has 6 nitrogen and oxygen atoms in total. The molecule has 3 aromatic rings. The first-order valence-corrected chi connectivity index (χ1v) is 14.3. The zero-order valence-corrected chi connectivity index (χ0v) is 23.6. The average molecular weight is 533 g/mol. The molecule has 2 N–H and O–H groups in total. The summed E-state index contributed by atoms with van der Waals surface area (Å²) in [5, 5.41) is 7.62. The molecule has 1 amide bonds. The largest absolute Gasteiger partial charge is 0.490 e. The van der Waals surface area contributed by atoms with E-state index in [1.54, 1.807) is 29.5 Å². The van der Waals surface area contributed by atoms with Gasteiger partial charge in [-0.2, -0.15) is 0 Å². The van der Waals surface area contributed by atoms with Gasteiger partial charge in [0.1, 0.15) is 11.2 Å². The van der Waals surface area contributed by atoms with Crippen LogP contribution in [0.25, 0.3) is 0 Å². The van der Waals surface area contributed by atoms with E-state index in [2.05, 4.69) is 31.4 Å². The van der Waals surface area contributed by atoms with Gasteiger partial charge in [-0.3, -0.25) is 4.79 Å². The Morgan fingerprint density at radius 2 is 1.84 bits per heavy atom. The monoisotopic (exact) mass is 532 g/mol. The van der Waals surface area contributed by atoms with Crippen molar-refractivity contribution in [3.8, 4) is 11.5 Å². The third-order valence-corrected chi connectivity index (χ3v) is 9.34. The highest BCUT2D eigenvalue weighted by Gasteiger charge is 2.37. The van der Waals surface area contributed by atoms with Crippen LogP contribution in [0.1, 0.15) is 89.0 Å². The molecule has 7 heteroatoms. The molecule has 1 aromatic heterocycles. The second-order valence-electron chi connectivity index (χ2n) is 10.9. The third-order valence-electron chi connectivity index (χ3n) is 8.15. The van der Waals surface area contributed by atoms with Crippen molar-refractivity contribution in [2.24, 2.45) is 11.3 Å². The molecule has 2 atom stereocenters. The maximum atomic E-state index is 13.3. The van der Waals surface area contributed by atoms with Gasteiger partial charge in [0.05, 0.1) is 17.7 Å². The molecule has 2 aliphatic rings. The minimum absolute atomic E-state index is 0.0395. The van der Waals surface area contributed by atoms with Gasteiger partial charge in [0.2, 0.25) is 0 Å². The Kier molecular flexibility index (Phi) is 7.23. The molecule has 38 heavy (non-hydrogen) atoms. The van der Waals surface area contributed by atoms with E-state index in [0.29, 0.717) is 35.0 Å². The summed E-state index contributed by atoms with van der Waals surface area (Å²) in [6.07, 6.45) is 3.85. The number of ether oxygens (including phenoxy) is 2. The highest BCUT2D eigenvalue weighted by atomic mass is 32.1. The van der Waals surface area contributed by atoms with Gasteiger partial charge >= 0.3 is 5.97 Å². The number of amides is 1. The number of nitrogens with one attached hydrogen (secondary N) is 2. The molecule has 1 aliphatic heterocycles. The van der Waals surface area contributed by atoms with E-state index in [9.17, 15) is 9.59 Å². The number of carbonyl (C=O) groups is 2. The summed E-state index contributed by atoms with van der Waals surface area (Å²) in [5.41, 5.74) is 4.69. The third kappa shape index (κ3) is 5.04. The van der Waals surface area contributed by atoms with Crippen LogP contribution >= 0.6 is 11.3 Å². The second-order valence-corrected chi connectivity index (χ2v) is 12.0. The number of hydrogen-bond acceptors (Lipinski definition) is 6. The first kappa shape index (κ1) is 26.3. The van der Waals surface area contributed by atoms with Crippen LogP contribution in [0.5, 0.6) is 11.5 Å². The van der Waals surface area contributed by atoms with Crippen LogP contribution in [0.3, 0.4) is 0 Å². The number of rotatable bonds is 7. The van der Waals surface area contributed by atoms with E-state index >= 15 is 0 Å². The lowest BCUT2D eigenvalue weighted by atomic mass is 9.69. The average Bonchev–Trinajstić information content (AvgIpc) is 3.28.